The topological polar surface area (TPSA) is 40.7 Å². The number of nitrogens with one attached hydrogen (secondary N) is 2. The van der Waals surface area contributed by atoms with E-state index in [2.05, 4.69) is 15.5 Å². The minimum atomic E-state index is 0.537. The molecule has 0 aliphatic carbocycles. The molecule has 0 amide bonds. The van der Waals surface area contributed by atoms with Crippen LogP contribution in [0.3, 0.4) is 0 Å². The van der Waals surface area contributed by atoms with Crippen molar-refractivity contribution in [1.29, 1.82) is 0 Å². The number of anilines is 1. The Hall–Kier alpha value is -1.19. The first kappa shape index (κ1) is 10.3. The lowest BCUT2D eigenvalue weighted by molar-refractivity contribution is 1.09. The van der Waals surface area contributed by atoms with Gasteiger partial charge in [0.1, 0.15) is 5.82 Å². The molecule has 3 nitrogen and oxygen atoms in total. The van der Waals surface area contributed by atoms with Crippen LogP contribution in [0.15, 0.2) is 24.3 Å². The van der Waals surface area contributed by atoms with Gasteiger partial charge in [-0.1, -0.05) is 29.3 Å². The van der Waals surface area contributed by atoms with Crippen molar-refractivity contribution in [3.63, 3.8) is 0 Å². The first-order valence-electron chi connectivity index (χ1n) is 4.39. The molecular formula is C10H9Cl2N3. The Labute approximate surface area is 97.4 Å². The molecular weight excluding hydrogens is 233 g/mol. The van der Waals surface area contributed by atoms with E-state index in [-0.39, 0.29) is 0 Å². The smallest absolute Gasteiger partial charge is 0.148 e. The van der Waals surface area contributed by atoms with Crippen molar-refractivity contribution < 1.29 is 0 Å². The summed E-state index contributed by atoms with van der Waals surface area (Å²) in [4.78, 5) is 0. The van der Waals surface area contributed by atoms with Gasteiger partial charge in [-0.25, -0.2) is 0 Å². The molecule has 0 fully saturated rings. The lowest BCUT2D eigenvalue weighted by Gasteiger charge is -1.99. The predicted molar refractivity (Wildman–Crippen MR) is 63.6 cm³/mol. The predicted octanol–water partition coefficient (Wildman–Crippen LogP) is 3.43. The first-order valence-corrected chi connectivity index (χ1v) is 5.15. The van der Waals surface area contributed by atoms with Gasteiger partial charge in [-0.3, -0.25) is 5.10 Å². The van der Waals surface area contributed by atoms with E-state index in [1.807, 2.05) is 19.2 Å². The standard InChI is InChI=1S/C10H9Cl2N3/c1-13-10-5-9(14-15-10)6-2-3-7(11)8(12)4-6/h2-5H,1H3,(H2,13,14,15). The molecule has 0 aliphatic rings. The summed E-state index contributed by atoms with van der Waals surface area (Å²) < 4.78 is 0. The van der Waals surface area contributed by atoms with Crippen molar-refractivity contribution >= 4 is 29.0 Å². The van der Waals surface area contributed by atoms with Gasteiger partial charge in [-0.2, -0.15) is 5.10 Å². The van der Waals surface area contributed by atoms with Crippen molar-refractivity contribution in [3.05, 3.63) is 34.3 Å². The zero-order valence-corrected chi connectivity index (χ0v) is 9.52. The van der Waals surface area contributed by atoms with E-state index < -0.39 is 0 Å². The third kappa shape index (κ3) is 2.08. The molecule has 1 heterocycles. The third-order valence-corrected chi connectivity index (χ3v) is 2.80. The fourth-order valence-corrected chi connectivity index (χ4v) is 1.56. The number of H-pyrrole nitrogens is 1. The zero-order valence-electron chi connectivity index (χ0n) is 8.01. The molecule has 0 radical (unpaired) electrons. The molecule has 0 aliphatic heterocycles. The Kier molecular flexibility index (Phi) is 2.84. The van der Waals surface area contributed by atoms with E-state index in [0.717, 1.165) is 17.1 Å². The maximum absolute atomic E-state index is 5.92. The molecule has 0 unspecified atom stereocenters. The molecule has 1 aromatic heterocycles. The number of hydrogen-bond acceptors (Lipinski definition) is 2. The molecule has 2 rings (SSSR count). The average Bonchev–Trinajstić information content (AvgIpc) is 2.70. The Morgan fingerprint density at radius 3 is 2.60 bits per heavy atom. The number of rotatable bonds is 2. The van der Waals surface area contributed by atoms with Gasteiger partial charge >= 0.3 is 0 Å². The first-order chi connectivity index (χ1) is 7.20. The Morgan fingerprint density at radius 2 is 2.00 bits per heavy atom. The molecule has 0 saturated heterocycles. The molecule has 2 aromatic rings. The molecule has 0 spiro atoms. The van der Waals surface area contributed by atoms with Crippen molar-refractivity contribution in [3.8, 4) is 11.3 Å². The molecule has 0 saturated carbocycles. The van der Waals surface area contributed by atoms with Gasteiger partial charge in [-0.05, 0) is 12.1 Å². The molecule has 1 aromatic carbocycles. The highest BCUT2D eigenvalue weighted by molar-refractivity contribution is 6.42. The van der Waals surface area contributed by atoms with E-state index in [4.69, 9.17) is 23.2 Å². The summed E-state index contributed by atoms with van der Waals surface area (Å²) in [6.07, 6.45) is 0. The fourth-order valence-electron chi connectivity index (χ4n) is 1.26. The Morgan fingerprint density at radius 1 is 1.20 bits per heavy atom. The lowest BCUT2D eigenvalue weighted by atomic mass is 10.1. The average molecular weight is 242 g/mol. The molecule has 0 bridgehead atoms. The van der Waals surface area contributed by atoms with E-state index in [1.165, 1.54) is 0 Å². The second-order valence-corrected chi connectivity index (χ2v) is 3.86. The van der Waals surface area contributed by atoms with Gasteiger partial charge in [-0.15, -0.1) is 0 Å². The van der Waals surface area contributed by atoms with E-state index in [0.29, 0.717) is 10.0 Å². The van der Waals surface area contributed by atoms with Crippen LogP contribution in [-0.4, -0.2) is 17.2 Å². The number of halogens is 2. The highest BCUT2D eigenvalue weighted by Crippen LogP contribution is 2.28. The summed E-state index contributed by atoms with van der Waals surface area (Å²) in [6.45, 7) is 0. The maximum atomic E-state index is 5.92. The number of hydrogen-bond donors (Lipinski definition) is 2. The molecule has 0 atom stereocenters. The number of nitrogens with zero attached hydrogens (tertiary/aromatic N) is 1. The minimum Gasteiger partial charge on any atom is -0.372 e. The van der Waals surface area contributed by atoms with Crippen LogP contribution in [0.4, 0.5) is 5.82 Å². The van der Waals surface area contributed by atoms with Gasteiger partial charge in [0, 0.05) is 18.7 Å². The molecule has 5 heteroatoms. The summed E-state index contributed by atoms with van der Waals surface area (Å²) >= 11 is 11.8. The second-order valence-electron chi connectivity index (χ2n) is 3.05. The molecule has 15 heavy (non-hydrogen) atoms. The highest BCUT2D eigenvalue weighted by Gasteiger charge is 2.04. The van der Waals surface area contributed by atoms with Crippen molar-refractivity contribution in [2.75, 3.05) is 12.4 Å². The zero-order chi connectivity index (χ0) is 10.8. The summed E-state index contributed by atoms with van der Waals surface area (Å²) in [5.41, 5.74) is 1.86. The third-order valence-electron chi connectivity index (χ3n) is 2.06. The quantitative estimate of drug-likeness (QED) is 0.846. The largest absolute Gasteiger partial charge is 0.372 e. The Balaban J connectivity index is 2.40. The minimum absolute atomic E-state index is 0.537. The number of aromatic amines is 1. The number of benzene rings is 1. The van der Waals surface area contributed by atoms with Gasteiger partial charge < -0.3 is 5.32 Å². The van der Waals surface area contributed by atoms with Crippen LogP contribution >= 0.6 is 23.2 Å². The summed E-state index contributed by atoms with van der Waals surface area (Å²) in [5, 5.41) is 11.0. The molecule has 78 valence electrons. The van der Waals surface area contributed by atoms with Crippen LogP contribution in [0.2, 0.25) is 10.0 Å². The van der Waals surface area contributed by atoms with E-state index >= 15 is 0 Å². The normalized spacial score (nSPS) is 10.3. The van der Waals surface area contributed by atoms with E-state index in [9.17, 15) is 0 Å². The number of aromatic nitrogens is 2. The second kappa shape index (κ2) is 4.13. The van der Waals surface area contributed by atoms with Gasteiger partial charge in [0.15, 0.2) is 0 Å². The molecule has 2 N–H and O–H groups in total. The van der Waals surface area contributed by atoms with Crippen LogP contribution < -0.4 is 5.32 Å². The van der Waals surface area contributed by atoms with Crippen LogP contribution in [0.25, 0.3) is 11.3 Å². The Bertz CT molecular complexity index is 479. The lowest BCUT2D eigenvalue weighted by Crippen LogP contribution is -1.85. The summed E-state index contributed by atoms with van der Waals surface area (Å²) in [5.74, 6) is 0.788. The van der Waals surface area contributed by atoms with Crippen LogP contribution in [0.1, 0.15) is 0 Å². The van der Waals surface area contributed by atoms with Gasteiger partial charge in [0.2, 0.25) is 0 Å². The van der Waals surface area contributed by atoms with Crippen molar-refractivity contribution in [2.24, 2.45) is 0 Å². The van der Waals surface area contributed by atoms with Crippen LogP contribution in [0, 0.1) is 0 Å². The van der Waals surface area contributed by atoms with Crippen LogP contribution in [-0.2, 0) is 0 Å². The van der Waals surface area contributed by atoms with E-state index in [1.54, 1.807) is 12.1 Å². The monoisotopic (exact) mass is 241 g/mol. The van der Waals surface area contributed by atoms with Crippen molar-refractivity contribution in [1.82, 2.24) is 10.2 Å². The van der Waals surface area contributed by atoms with Gasteiger partial charge in [0.25, 0.3) is 0 Å². The van der Waals surface area contributed by atoms with Gasteiger partial charge in [0.05, 0.1) is 15.7 Å². The van der Waals surface area contributed by atoms with Crippen LogP contribution in [0.5, 0.6) is 0 Å². The summed E-state index contributed by atoms with van der Waals surface area (Å²) in [6, 6.07) is 7.36. The maximum Gasteiger partial charge on any atom is 0.148 e. The highest BCUT2D eigenvalue weighted by atomic mass is 35.5. The van der Waals surface area contributed by atoms with Crippen molar-refractivity contribution in [2.45, 2.75) is 0 Å². The summed E-state index contributed by atoms with van der Waals surface area (Å²) in [7, 11) is 1.81. The SMILES string of the molecule is CNc1cc(-c2ccc(Cl)c(Cl)c2)[nH]n1. The fraction of sp³-hybridized carbons (Fsp3) is 0.100.